The molecule has 3 aromatic rings. The van der Waals surface area contributed by atoms with Crippen LogP contribution in [0, 0.1) is 0 Å². The third-order valence-corrected chi connectivity index (χ3v) is 3.26. The maximum Gasteiger partial charge on any atom is 0.292 e. The second kappa shape index (κ2) is 3.16. The van der Waals surface area contributed by atoms with Crippen molar-refractivity contribution in [2.24, 2.45) is 0 Å². The summed E-state index contributed by atoms with van der Waals surface area (Å²) in [4.78, 5) is 16.3. The van der Waals surface area contributed by atoms with E-state index >= 15 is 0 Å². The molecule has 1 aliphatic carbocycles. The van der Waals surface area contributed by atoms with Crippen LogP contribution in [0.5, 0.6) is 0 Å². The van der Waals surface area contributed by atoms with Crippen molar-refractivity contribution in [2.75, 3.05) is 0 Å². The minimum Gasteiger partial charge on any atom is -0.287 e. The van der Waals surface area contributed by atoms with E-state index < -0.39 is 0 Å². The van der Waals surface area contributed by atoms with Gasteiger partial charge in [-0.3, -0.25) is 4.79 Å². The molecule has 1 aromatic carbocycles. The van der Waals surface area contributed by atoms with Crippen LogP contribution in [-0.2, 0) is 0 Å². The van der Waals surface area contributed by atoms with Gasteiger partial charge in [0.25, 0.3) is 5.78 Å². The summed E-state index contributed by atoms with van der Waals surface area (Å²) in [5.74, 6) is 0.0632. The zero-order valence-corrected chi connectivity index (χ0v) is 10.3. The molecule has 0 saturated heterocycles. The van der Waals surface area contributed by atoms with Crippen LogP contribution in [0.15, 0.2) is 22.7 Å². The standard InChI is InChI=1S/C10H3BrN6O/c11-4-1-2-5-6(3-4)9(18)8-7(5)14-17-10(12-8)13-15-16-17/h1-3H. The second-order valence-electron chi connectivity index (χ2n) is 3.80. The SMILES string of the molecule is O=C1c2cc(Br)ccc2-c2nn3nnnc3nc21. The van der Waals surface area contributed by atoms with Gasteiger partial charge in [-0.1, -0.05) is 31.7 Å². The van der Waals surface area contributed by atoms with E-state index in [9.17, 15) is 4.79 Å². The maximum absolute atomic E-state index is 12.2. The van der Waals surface area contributed by atoms with Gasteiger partial charge in [0.15, 0.2) is 0 Å². The number of carbonyl (C=O) groups is 1. The summed E-state index contributed by atoms with van der Waals surface area (Å²) in [5, 5.41) is 15.0. The lowest BCUT2D eigenvalue weighted by atomic mass is 10.1. The number of halogens is 1. The number of aromatic nitrogens is 6. The third kappa shape index (κ3) is 1.12. The van der Waals surface area contributed by atoms with Gasteiger partial charge in [0.1, 0.15) is 11.4 Å². The molecule has 0 radical (unpaired) electrons. The lowest BCUT2D eigenvalue weighted by Gasteiger charge is -1.97. The van der Waals surface area contributed by atoms with Gasteiger partial charge in [0.05, 0.1) is 0 Å². The van der Waals surface area contributed by atoms with Crippen LogP contribution in [0.2, 0.25) is 0 Å². The molecule has 18 heavy (non-hydrogen) atoms. The highest BCUT2D eigenvalue weighted by Crippen LogP contribution is 2.35. The Hall–Kier alpha value is -2.22. The van der Waals surface area contributed by atoms with E-state index in [1.54, 1.807) is 6.07 Å². The molecular formula is C10H3BrN6O. The number of hydrogen-bond acceptors (Lipinski definition) is 6. The minimum atomic E-state index is -0.153. The van der Waals surface area contributed by atoms with Gasteiger partial charge in [0, 0.05) is 15.6 Å². The van der Waals surface area contributed by atoms with Crippen LogP contribution < -0.4 is 0 Å². The van der Waals surface area contributed by atoms with Gasteiger partial charge in [-0.2, -0.15) is 0 Å². The van der Waals surface area contributed by atoms with Crippen molar-refractivity contribution >= 4 is 27.5 Å². The Morgan fingerprint density at radius 3 is 2.94 bits per heavy atom. The molecule has 1 aliphatic rings. The molecule has 0 N–H and O–H groups in total. The van der Waals surface area contributed by atoms with E-state index in [-0.39, 0.29) is 11.6 Å². The molecular weight excluding hydrogens is 300 g/mol. The van der Waals surface area contributed by atoms with Crippen LogP contribution in [0.1, 0.15) is 16.1 Å². The molecule has 0 spiro atoms. The van der Waals surface area contributed by atoms with E-state index in [1.807, 2.05) is 12.1 Å². The third-order valence-electron chi connectivity index (χ3n) is 2.77. The van der Waals surface area contributed by atoms with Crippen LogP contribution in [-0.4, -0.2) is 36.0 Å². The van der Waals surface area contributed by atoms with E-state index in [2.05, 4.69) is 41.5 Å². The lowest BCUT2D eigenvalue weighted by Crippen LogP contribution is -2.04. The number of hydrogen-bond donors (Lipinski definition) is 0. The highest BCUT2D eigenvalue weighted by atomic mass is 79.9. The van der Waals surface area contributed by atoms with Gasteiger partial charge < -0.3 is 0 Å². The quantitative estimate of drug-likeness (QED) is 0.479. The number of rotatable bonds is 0. The Balaban J connectivity index is 2.12. The average molecular weight is 303 g/mol. The molecule has 2 aromatic heterocycles. The van der Waals surface area contributed by atoms with Gasteiger partial charge in [0.2, 0.25) is 5.78 Å². The summed E-state index contributed by atoms with van der Waals surface area (Å²) >= 11 is 3.34. The molecule has 86 valence electrons. The van der Waals surface area contributed by atoms with Crippen LogP contribution >= 0.6 is 15.9 Å². The predicted octanol–water partition coefficient (Wildman–Crippen LogP) is 0.888. The largest absolute Gasteiger partial charge is 0.292 e. The molecule has 8 heteroatoms. The van der Waals surface area contributed by atoms with Crippen molar-refractivity contribution in [1.29, 1.82) is 0 Å². The van der Waals surface area contributed by atoms with Gasteiger partial charge >= 0.3 is 0 Å². The van der Waals surface area contributed by atoms with Crippen LogP contribution in [0.25, 0.3) is 17.0 Å². The van der Waals surface area contributed by atoms with Gasteiger partial charge in [-0.05, 0) is 22.6 Å². The summed E-state index contributed by atoms with van der Waals surface area (Å²) in [6.45, 7) is 0. The summed E-state index contributed by atoms with van der Waals surface area (Å²) in [7, 11) is 0. The first-order valence-corrected chi connectivity index (χ1v) is 5.84. The number of ketones is 1. The first-order valence-electron chi connectivity index (χ1n) is 5.05. The van der Waals surface area contributed by atoms with Crippen molar-refractivity contribution in [3.63, 3.8) is 0 Å². The monoisotopic (exact) mass is 302 g/mol. The molecule has 0 aliphatic heterocycles. The molecule has 0 atom stereocenters. The molecule has 0 saturated carbocycles. The molecule has 0 fully saturated rings. The fourth-order valence-electron chi connectivity index (χ4n) is 1.98. The van der Waals surface area contributed by atoms with Crippen LogP contribution in [0.4, 0.5) is 0 Å². The van der Waals surface area contributed by atoms with E-state index in [4.69, 9.17) is 0 Å². The average Bonchev–Trinajstić information content (AvgIpc) is 2.92. The Labute approximate surface area is 108 Å². The zero-order valence-electron chi connectivity index (χ0n) is 8.70. The Bertz CT molecular complexity index is 826. The Morgan fingerprint density at radius 1 is 1.17 bits per heavy atom. The first kappa shape index (κ1) is 9.77. The van der Waals surface area contributed by atoms with Gasteiger partial charge in [-0.15, -0.1) is 5.10 Å². The Kier molecular flexibility index (Phi) is 1.72. The number of tetrazole rings is 1. The Morgan fingerprint density at radius 2 is 2.06 bits per heavy atom. The highest BCUT2D eigenvalue weighted by molar-refractivity contribution is 9.10. The smallest absolute Gasteiger partial charge is 0.287 e. The van der Waals surface area contributed by atoms with Crippen LogP contribution in [0.3, 0.4) is 0 Å². The number of fused-ring (bicyclic) bond motifs is 4. The number of carbonyl (C=O) groups excluding carboxylic acids is 1. The maximum atomic E-state index is 12.2. The van der Waals surface area contributed by atoms with Crippen molar-refractivity contribution < 1.29 is 4.79 Å². The fraction of sp³-hybridized carbons (Fsp3) is 0. The molecule has 0 amide bonds. The summed E-state index contributed by atoms with van der Waals surface area (Å²) in [5.41, 5.74) is 2.15. The topological polar surface area (TPSA) is 85.9 Å². The van der Waals surface area contributed by atoms with E-state index in [1.165, 1.54) is 4.63 Å². The van der Waals surface area contributed by atoms with E-state index in [0.29, 0.717) is 17.0 Å². The molecule has 0 bridgehead atoms. The number of nitrogens with zero attached hydrogens (tertiary/aromatic N) is 6. The minimum absolute atomic E-state index is 0.153. The van der Waals surface area contributed by atoms with Gasteiger partial charge in [-0.25, -0.2) is 4.98 Å². The van der Waals surface area contributed by atoms with Crippen molar-refractivity contribution in [1.82, 2.24) is 30.2 Å². The fourth-order valence-corrected chi connectivity index (χ4v) is 2.34. The molecule has 0 unspecified atom stereocenters. The second-order valence-corrected chi connectivity index (χ2v) is 4.71. The highest BCUT2D eigenvalue weighted by Gasteiger charge is 2.31. The molecule has 7 nitrogen and oxygen atoms in total. The first-order chi connectivity index (χ1) is 8.74. The normalized spacial score (nSPS) is 12.8. The van der Waals surface area contributed by atoms with E-state index in [0.717, 1.165) is 10.0 Å². The molecule has 4 rings (SSSR count). The summed E-state index contributed by atoms with van der Waals surface area (Å²) in [6, 6.07) is 5.44. The van der Waals surface area contributed by atoms with Crippen molar-refractivity contribution in [3.05, 3.63) is 33.9 Å². The predicted molar refractivity (Wildman–Crippen MR) is 62.9 cm³/mol. The summed E-state index contributed by atoms with van der Waals surface area (Å²) < 4.78 is 2.05. The zero-order chi connectivity index (χ0) is 12.3. The van der Waals surface area contributed by atoms with Crippen molar-refractivity contribution in [2.45, 2.75) is 0 Å². The van der Waals surface area contributed by atoms with Crippen molar-refractivity contribution in [3.8, 4) is 11.3 Å². The lowest BCUT2D eigenvalue weighted by molar-refractivity contribution is 0.103. The number of benzene rings is 1. The molecule has 2 heterocycles. The summed E-state index contributed by atoms with van der Waals surface area (Å²) in [6.07, 6.45) is 0.